The van der Waals surface area contributed by atoms with Crippen molar-refractivity contribution in [2.75, 3.05) is 40.3 Å². The van der Waals surface area contributed by atoms with Gasteiger partial charge in [0, 0.05) is 45.1 Å². The summed E-state index contributed by atoms with van der Waals surface area (Å²) >= 11 is 0. The van der Waals surface area contributed by atoms with E-state index in [-0.39, 0.29) is 5.91 Å². The molecule has 1 saturated heterocycles. The van der Waals surface area contributed by atoms with E-state index >= 15 is 0 Å². The topological polar surface area (TPSA) is 64.3 Å². The fourth-order valence-corrected chi connectivity index (χ4v) is 3.22. The summed E-state index contributed by atoms with van der Waals surface area (Å²) in [5.41, 5.74) is 2.07. The Balaban J connectivity index is 1.39. The van der Waals surface area contributed by atoms with Gasteiger partial charge in [-0.3, -0.25) is 4.79 Å². The molecule has 1 amide bonds. The number of hydrogen-bond donors (Lipinski definition) is 2. The number of aryl methyl sites for hydroxylation is 1. The Morgan fingerprint density at radius 3 is 3.00 bits per heavy atom. The number of nitrogens with zero attached hydrogens (tertiary/aromatic N) is 3. The first kappa shape index (κ1) is 16.9. The summed E-state index contributed by atoms with van der Waals surface area (Å²) < 4.78 is 0. The van der Waals surface area contributed by atoms with Crippen LogP contribution in [0.2, 0.25) is 0 Å². The molecule has 2 N–H and O–H groups in total. The van der Waals surface area contributed by atoms with Crippen molar-refractivity contribution < 1.29 is 4.79 Å². The predicted octanol–water partition coefficient (Wildman–Crippen LogP) is 1.25. The molecular formula is C18H27N5O. The van der Waals surface area contributed by atoms with Crippen molar-refractivity contribution >= 4 is 16.9 Å². The van der Waals surface area contributed by atoms with Gasteiger partial charge in [-0.25, -0.2) is 4.98 Å². The minimum Gasteiger partial charge on any atom is -0.356 e. The lowest BCUT2D eigenvalue weighted by atomic mass is 10.1. The number of carbonyl (C=O) groups is 1. The molecule has 0 radical (unpaired) electrons. The molecule has 0 saturated carbocycles. The standard InChI is InChI=1S/C18H27N5O/c1-22-10-11-23(2)14(13-22)12-18(24)19-9-5-8-17-20-15-6-3-4-7-16(15)21-17/h3-4,6-7,14H,5,8-13H2,1-2H3,(H,19,24)(H,20,21). The number of rotatable bonds is 6. The Morgan fingerprint density at radius 2 is 2.17 bits per heavy atom. The van der Waals surface area contributed by atoms with E-state index in [1.165, 1.54) is 0 Å². The molecule has 24 heavy (non-hydrogen) atoms. The van der Waals surface area contributed by atoms with E-state index in [2.05, 4.69) is 39.2 Å². The van der Waals surface area contributed by atoms with Crippen LogP contribution >= 0.6 is 0 Å². The second kappa shape index (κ2) is 7.77. The van der Waals surface area contributed by atoms with Crippen molar-refractivity contribution in [3.63, 3.8) is 0 Å². The van der Waals surface area contributed by atoms with Crippen LogP contribution in [0.25, 0.3) is 11.0 Å². The lowest BCUT2D eigenvalue weighted by Crippen LogP contribution is -2.51. The molecule has 2 aromatic rings. The summed E-state index contributed by atoms with van der Waals surface area (Å²) in [6, 6.07) is 8.36. The van der Waals surface area contributed by atoms with E-state index in [4.69, 9.17) is 0 Å². The molecule has 3 rings (SSSR count). The van der Waals surface area contributed by atoms with Crippen LogP contribution in [0.4, 0.5) is 0 Å². The van der Waals surface area contributed by atoms with Gasteiger partial charge in [0.15, 0.2) is 0 Å². The van der Waals surface area contributed by atoms with Gasteiger partial charge in [0.1, 0.15) is 5.82 Å². The fourth-order valence-electron chi connectivity index (χ4n) is 3.22. The summed E-state index contributed by atoms with van der Waals surface area (Å²) in [5, 5.41) is 3.04. The van der Waals surface area contributed by atoms with Gasteiger partial charge in [-0.05, 0) is 32.6 Å². The number of likely N-dealkylation sites (N-methyl/N-ethyl adjacent to an activating group) is 2. The molecule has 0 spiro atoms. The molecule has 2 heterocycles. The molecule has 1 unspecified atom stereocenters. The third-order valence-electron chi connectivity index (χ3n) is 4.75. The minimum atomic E-state index is 0.145. The highest BCUT2D eigenvalue weighted by molar-refractivity contribution is 5.76. The number of imidazole rings is 1. The molecular weight excluding hydrogens is 302 g/mol. The zero-order valence-electron chi connectivity index (χ0n) is 14.6. The van der Waals surface area contributed by atoms with Crippen LogP contribution in [-0.4, -0.2) is 72.0 Å². The van der Waals surface area contributed by atoms with Crippen molar-refractivity contribution in [2.45, 2.75) is 25.3 Å². The average molecular weight is 329 g/mol. The lowest BCUT2D eigenvalue weighted by Gasteiger charge is -2.37. The van der Waals surface area contributed by atoms with E-state index in [1.54, 1.807) is 0 Å². The highest BCUT2D eigenvalue weighted by atomic mass is 16.1. The van der Waals surface area contributed by atoms with Gasteiger partial charge in [-0.15, -0.1) is 0 Å². The lowest BCUT2D eigenvalue weighted by molar-refractivity contribution is -0.122. The number of fused-ring (bicyclic) bond motifs is 1. The van der Waals surface area contributed by atoms with E-state index in [0.29, 0.717) is 19.0 Å². The maximum Gasteiger partial charge on any atom is 0.221 e. The number of amides is 1. The first-order chi connectivity index (χ1) is 11.6. The quantitative estimate of drug-likeness (QED) is 0.783. The van der Waals surface area contributed by atoms with Gasteiger partial charge in [-0.1, -0.05) is 12.1 Å². The molecule has 1 aromatic heterocycles. The van der Waals surface area contributed by atoms with Crippen LogP contribution in [0.5, 0.6) is 0 Å². The van der Waals surface area contributed by atoms with Crippen LogP contribution in [-0.2, 0) is 11.2 Å². The van der Waals surface area contributed by atoms with Gasteiger partial charge < -0.3 is 20.1 Å². The van der Waals surface area contributed by atoms with Crippen LogP contribution in [0.1, 0.15) is 18.7 Å². The molecule has 1 aliphatic rings. The van der Waals surface area contributed by atoms with Crippen LogP contribution < -0.4 is 5.32 Å². The van der Waals surface area contributed by atoms with Gasteiger partial charge in [-0.2, -0.15) is 0 Å². The molecule has 0 aliphatic carbocycles. The smallest absolute Gasteiger partial charge is 0.221 e. The van der Waals surface area contributed by atoms with Crippen LogP contribution in [0.3, 0.4) is 0 Å². The van der Waals surface area contributed by atoms with E-state index in [9.17, 15) is 4.79 Å². The number of H-pyrrole nitrogens is 1. The van der Waals surface area contributed by atoms with Crippen molar-refractivity contribution in [1.82, 2.24) is 25.1 Å². The van der Waals surface area contributed by atoms with Crippen LogP contribution in [0, 0.1) is 0 Å². The first-order valence-corrected chi connectivity index (χ1v) is 8.71. The Bertz CT molecular complexity index is 650. The van der Waals surface area contributed by atoms with Crippen molar-refractivity contribution in [3.8, 4) is 0 Å². The molecule has 6 heteroatoms. The number of aromatic amines is 1. The Labute approximate surface area is 143 Å². The molecule has 130 valence electrons. The van der Waals surface area contributed by atoms with Gasteiger partial charge in [0.05, 0.1) is 11.0 Å². The second-order valence-corrected chi connectivity index (χ2v) is 6.75. The second-order valence-electron chi connectivity index (χ2n) is 6.75. The number of benzene rings is 1. The third kappa shape index (κ3) is 4.33. The maximum absolute atomic E-state index is 12.1. The Hall–Kier alpha value is -1.92. The molecule has 1 aromatic carbocycles. The summed E-state index contributed by atoms with van der Waals surface area (Å²) in [4.78, 5) is 24.6. The predicted molar refractivity (Wildman–Crippen MR) is 96.0 cm³/mol. The molecule has 1 atom stereocenters. The number of aromatic nitrogens is 2. The summed E-state index contributed by atoms with van der Waals surface area (Å²) in [5.74, 6) is 1.13. The number of nitrogens with one attached hydrogen (secondary N) is 2. The number of piperazine rings is 1. The average Bonchev–Trinajstić information content (AvgIpc) is 2.98. The number of hydrogen-bond acceptors (Lipinski definition) is 4. The summed E-state index contributed by atoms with van der Waals surface area (Å²) in [6.07, 6.45) is 2.32. The van der Waals surface area contributed by atoms with E-state index in [1.807, 2.05) is 24.3 Å². The van der Waals surface area contributed by atoms with Crippen molar-refractivity contribution in [3.05, 3.63) is 30.1 Å². The maximum atomic E-state index is 12.1. The normalized spacial score (nSPS) is 19.7. The van der Waals surface area contributed by atoms with Gasteiger partial charge in [0.25, 0.3) is 0 Å². The zero-order chi connectivity index (χ0) is 16.9. The largest absolute Gasteiger partial charge is 0.356 e. The fraction of sp³-hybridized carbons (Fsp3) is 0.556. The third-order valence-corrected chi connectivity index (χ3v) is 4.75. The van der Waals surface area contributed by atoms with Crippen LogP contribution in [0.15, 0.2) is 24.3 Å². The minimum absolute atomic E-state index is 0.145. The Kier molecular flexibility index (Phi) is 5.48. The SMILES string of the molecule is CN1CCN(C)C(CC(=O)NCCCc2nc3ccccc3[nH]2)C1. The highest BCUT2D eigenvalue weighted by Crippen LogP contribution is 2.11. The van der Waals surface area contributed by atoms with Crippen molar-refractivity contribution in [1.29, 1.82) is 0 Å². The van der Waals surface area contributed by atoms with E-state index < -0.39 is 0 Å². The summed E-state index contributed by atoms with van der Waals surface area (Å²) in [6.45, 7) is 3.76. The molecule has 1 aliphatic heterocycles. The van der Waals surface area contributed by atoms with Gasteiger partial charge >= 0.3 is 0 Å². The highest BCUT2D eigenvalue weighted by Gasteiger charge is 2.24. The number of para-hydroxylation sites is 2. The molecule has 0 bridgehead atoms. The van der Waals surface area contributed by atoms with E-state index in [0.717, 1.165) is 49.3 Å². The monoisotopic (exact) mass is 329 g/mol. The summed E-state index contributed by atoms with van der Waals surface area (Å²) in [7, 11) is 4.22. The molecule has 6 nitrogen and oxygen atoms in total. The number of carbonyl (C=O) groups excluding carboxylic acids is 1. The zero-order valence-corrected chi connectivity index (χ0v) is 14.6. The van der Waals surface area contributed by atoms with Crippen molar-refractivity contribution in [2.24, 2.45) is 0 Å². The van der Waals surface area contributed by atoms with Gasteiger partial charge in [0.2, 0.25) is 5.91 Å². The first-order valence-electron chi connectivity index (χ1n) is 8.71. The Morgan fingerprint density at radius 1 is 1.33 bits per heavy atom. The molecule has 1 fully saturated rings.